The Hall–Kier alpha value is -3.26. The lowest BCUT2D eigenvalue weighted by molar-refractivity contribution is 0.0953. The molecule has 2 aromatic heterocycles. The second-order valence-corrected chi connectivity index (χ2v) is 7.47. The molecule has 1 amide bonds. The highest BCUT2D eigenvalue weighted by atomic mass is 16.1. The molecule has 0 radical (unpaired) electrons. The molecule has 1 aromatic carbocycles. The first-order chi connectivity index (χ1) is 14.6. The van der Waals surface area contributed by atoms with Crippen LogP contribution in [-0.2, 0) is 6.54 Å². The molecule has 156 valence electrons. The number of aromatic nitrogens is 3. The van der Waals surface area contributed by atoms with Gasteiger partial charge in [-0.1, -0.05) is 19.1 Å². The van der Waals surface area contributed by atoms with Crippen LogP contribution in [0.25, 0.3) is 10.9 Å². The summed E-state index contributed by atoms with van der Waals surface area (Å²) in [5.74, 6) is 2.10. The fourth-order valence-corrected chi connectivity index (χ4v) is 3.60. The van der Waals surface area contributed by atoms with Crippen LogP contribution in [0.1, 0.15) is 29.5 Å². The SMILES string of the molecule is CCCNC(=O)c1ccc(N2CCN(Cc3nc(N)c4ccccc4n3)CC2)nc1. The number of rotatable bonds is 6. The number of nitrogens with zero attached hydrogens (tertiary/aromatic N) is 5. The molecule has 0 unspecified atom stereocenters. The largest absolute Gasteiger partial charge is 0.383 e. The van der Waals surface area contributed by atoms with Gasteiger partial charge < -0.3 is 16.0 Å². The third-order valence-corrected chi connectivity index (χ3v) is 5.29. The van der Waals surface area contributed by atoms with Crippen molar-refractivity contribution in [1.29, 1.82) is 0 Å². The number of piperazine rings is 1. The van der Waals surface area contributed by atoms with E-state index in [1.54, 1.807) is 6.20 Å². The molecule has 3 heterocycles. The van der Waals surface area contributed by atoms with E-state index in [0.29, 0.717) is 24.5 Å². The summed E-state index contributed by atoms with van der Waals surface area (Å²) in [5.41, 5.74) is 7.58. The monoisotopic (exact) mass is 405 g/mol. The van der Waals surface area contributed by atoms with Gasteiger partial charge in [0.15, 0.2) is 0 Å². The van der Waals surface area contributed by atoms with Gasteiger partial charge in [-0.05, 0) is 30.7 Å². The molecule has 0 atom stereocenters. The van der Waals surface area contributed by atoms with Gasteiger partial charge in [0.1, 0.15) is 17.5 Å². The van der Waals surface area contributed by atoms with Crippen molar-refractivity contribution in [3.8, 4) is 0 Å². The average Bonchev–Trinajstić information content (AvgIpc) is 2.78. The summed E-state index contributed by atoms with van der Waals surface area (Å²) < 4.78 is 0. The number of anilines is 2. The number of nitrogens with one attached hydrogen (secondary N) is 1. The Morgan fingerprint density at radius 2 is 1.90 bits per heavy atom. The number of amides is 1. The molecule has 30 heavy (non-hydrogen) atoms. The zero-order valence-corrected chi connectivity index (χ0v) is 17.2. The number of fused-ring (bicyclic) bond motifs is 1. The summed E-state index contributed by atoms with van der Waals surface area (Å²) in [6.07, 6.45) is 2.57. The molecule has 0 bridgehead atoms. The number of carbonyl (C=O) groups is 1. The van der Waals surface area contributed by atoms with Crippen LogP contribution in [0.2, 0.25) is 0 Å². The maximum atomic E-state index is 12.0. The lowest BCUT2D eigenvalue weighted by atomic mass is 10.2. The number of nitrogens with two attached hydrogens (primary N) is 1. The average molecular weight is 406 g/mol. The minimum Gasteiger partial charge on any atom is -0.383 e. The Kier molecular flexibility index (Phi) is 6.04. The smallest absolute Gasteiger partial charge is 0.252 e. The van der Waals surface area contributed by atoms with Crippen LogP contribution in [0, 0.1) is 0 Å². The van der Waals surface area contributed by atoms with Gasteiger partial charge in [0.2, 0.25) is 0 Å². The van der Waals surface area contributed by atoms with Gasteiger partial charge >= 0.3 is 0 Å². The van der Waals surface area contributed by atoms with Crippen LogP contribution in [0.5, 0.6) is 0 Å². The Bertz CT molecular complexity index is 1010. The molecule has 8 nitrogen and oxygen atoms in total. The van der Waals surface area contributed by atoms with E-state index in [9.17, 15) is 4.79 Å². The minimum atomic E-state index is -0.0737. The summed E-state index contributed by atoms with van der Waals surface area (Å²) >= 11 is 0. The van der Waals surface area contributed by atoms with Crippen molar-refractivity contribution in [2.24, 2.45) is 0 Å². The highest BCUT2D eigenvalue weighted by Crippen LogP contribution is 2.19. The van der Waals surface area contributed by atoms with Gasteiger partial charge in [-0.15, -0.1) is 0 Å². The second-order valence-electron chi connectivity index (χ2n) is 7.47. The van der Waals surface area contributed by atoms with Crippen LogP contribution in [-0.4, -0.2) is 58.5 Å². The maximum absolute atomic E-state index is 12.0. The standard InChI is InChI=1S/C22H27N7O/c1-2-9-24-22(30)16-7-8-20(25-14-16)29-12-10-28(11-13-29)15-19-26-18-6-4-3-5-17(18)21(23)27-19/h3-8,14H,2,9-13,15H2,1H3,(H,24,30)(H2,23,26,27). The van der Waals surface area contributed by atoms with Gasteiger partial charge in [0.05, 0.1) is 17.6 Å². The van der Waals surface area contributed by atoms with Gasteiger partial charge in [-0.3, -0.25) is 9.69 Å². The predicted octanol–water partition coefficient (Wildman–Crippen LogP) is 2.07. The second kappa shape index (κ2) is 9.04. The number of para-hydroxylation sites is 1. The molecule has 1 fully saturated rings. The van der Waals surface area contributed by atoms with Crippen molar-refractivity contribution in [3.63, 3.8) is 0 Å². The number of nitrogen functional groups attached to an aromatic ring is 1. The first kappa shape index (κ1) is 20.0. The highest BCUT2D eigenvalue weighted by Gasteiger charge is 2.19. The first-order valence-corrected chi connectivity index (χ1v) is 10.4. The van der Waals surface area contributed by atoms with Crippen molar-refractivity contribution in [2.75, 3.05) is 43.4 Å². The van der Waals surface area contributed by atoms with E-state index in [4.69, 9.17) is 5.73 Å². The van der Waals surface area contributed by atoms with Crippen molar-refractivity contribution in [1.82, 2.24) is 25.2 Å². The van der Waals surface area contributed by atoms with E-state index in [-0.39, 0.29) is 5.91 Å². The molecular weight excluding hydrogens is 378 g/mol. The van der Waals surface area contributed by atoms with Crippen molar-refractivity contribution in [3.05, 3.63) is 54.0 Å². The molecule has 1 aliphatic heterocycles. The van der Waals surface area contributed by atoms with Crippen molar-refractivity contribution < 1.29 is 4.79 Å². The summed E-state index contributed by atoms with van der Waals surface area (Å²) in [7, 11) is 0. The number of benzene rings is 1. The van der Waals surface area contributed by atoms with Gasteiger partial charge in [0.25, 0.3) is 5.91 Å². The number of hydrogen-bond acceptors (Lipinski definition) is 7. The molecule has 8 heteroatoms. The van der Waals surface area contributed by atoms with Crippen LogP contribution >= 0.6 is 0 Å². The van der Waals surface area contributed by atoms with E-state index < -0.39 is 0 Å². The summed E-state index contributed by atoms with van der Waals surface area (Å²) in [4.78, 5) is 30.2. The summed E-state index contributed by atoms with van der Waals surface area (Å²) in [5, 5.41) is 3.76. The van der Waals surface area contributed by atoms with Gasteiger partial charge in [-0.2, -0.15) is 0 Å². The zero-order valence-electron chi connectivity index (χ0n) is 17.2. The predicted molar refractivity (Wildman–Crippen MR) is 118 cm³/mol. The zero-order chi connectivity index (χ0) is 20.9. The number of carbonyl (C=O) groups excluding carboxylic acids is 1. The fraction of sp³-hybridized carbons (Fsp3) is 0.364. The van der Waals surface area contributed by atoms with Crippen LogP contribution in [0.4, 0.5) is 11.6 Å². The maximum Gasteiger partial charge on any atom is 0.252 e. The number of hydrogen-bond donors (Lipinski definition) is 2. The Labute approximate surface area is 176 Å². The molecule has 0 saturated carbocycles. The van der Waals surface area contributed by atoms with Crippen LogP contribution in [0.15, 0.2) is 42.6 Å². The Morgan fingerprint density at radius 1 is 1.10 bits per heavy atom. The van der Waals surface area contributed by atoms with Gasteiger partial charge in [0, 0.05) is 44.3 Å². The summed E-state index contributed by atoms with van der Waals surface area (Å²) in [6, 6.07) is 11.6. The lowest BCUT2D eigenvalue weighted by Gasteiger charge is -2.35. The van der Waals surface area contributed by atoms with Crippen molar-refractivity contribution >= 4 is 28.4 Å². The summed E-state index contributed by atoms with van der Waals surface area (Å²) in [6.45, 7) is 6.87. The minimum absolute atomic E-state index is 0.0737. The van der Waals surface area contributed by atoms with Crippen LogP contribution in [0.3, 0.4) is 0 Å². The van der Waals surface area contributed by atoms with Crippen molar-refractivity contribution in [2.45, 2.75) is 19.9 Å². The molecule has 3 N–H and O–H groups in total. The molecule has 4 rings (SSSR count). The highest BCUT2D eigenvalue weighted by molar-refractivity contribution is 5.94. The van der Waals surface area contributed by atoms with E-state index in [0.717, 1.165) is 55.1 Å². The first-order valence-electron chi connectivity index (χ1n) is 10.4. The van der Waals surface area contributed by atoms with Gasteiger partial charge in [-0.25, -0.2) is 15.0 Å². The number of pyridine rings is 1. The third kappa shape index (κ3) is 4.49. The molecule has 0 aliphatic carbocycles. The fourth-order valence-electron chi connectivity index (χ4n) is 3.60. The third-order valence-electron chi connectivity index (χ3n) is 5.29. The van der Waals surface area contributed by atoms with Crippen LogP contribution < -0.4 is 16.0 Å². The quantitative estimate of drug-likeness (QED) is 0.647. The molecule has 0 spiro atoms. The van der Waals surface area contributed by atoms with E-state index in [1.807, 2.05) is 43.3 Å². The normalized spacial score (nSPS) is 14.8. The van der Waals surface area contributed by atoms with E-state index >= 15 is 0 Å². The lowest BCUT2D eigenvalue weighted by Crippen LogP contribution is -2.46. The molecular formula is C22H27N7O. The van der Waals surface area contributed by atoms with E-state index in [1.165, 1.54) is 0 Å². The molecule has 1 saturated heterocycles. The Balaban J connectivity index is 1.34. The van der Waals surface area contributed by atoms with E-state index in [2.05, 4.69) is 30.1 Å². The topological polar surface area (TPSA) is 100 Å². The Morgan fingerprint density at radius 3 is 2.63 bits per heavy atom. The molecule has 1 aliphatic rings. The molecule has 3 aromatic rings.